The Morgan fingerprint density at radius 2 is 1.89 bits per heavy atom. The zero-order valence-electron chi connectivity index (χ0n) is 16.8. The van der Waals surface area contributed by atoms with E-state index in [4.69, 9.17) is 15.2 Å². The third kappa shape index (κ3) is 7.08. The molecule has 0 aromatic heterocycles. The quantitative estimate of drug-likeness (QED) is 0.391. The molecule has 7 nitrogen and oxygen atoms in total. The summed E-state index contributed by atoms with van der Waals surface area (Å²) in [6.07, 6.45) is -0.353. The van der Waals surface area contributed by atoms with Gasteiger partial charge in [-0.2, -0.15) is 0 Å². The second-order valence-electron chi connectivity index (χ2n) is 7.45. The van der Waals surface area contributed by atoms with E-state index in [2.05, 4.69) is 11.8 Å². The van der Waals surface area contributed by atoms with E-state index in [0.29, 0.717) is 13.1 Å². The molecular formula is C21H36N2O5. The number of hydrogen-bond acceptors (Lipinski definition) is 7. The van der Waals surface area contributed by atoms with Crippen LogP contribution in [0.2, 0.25) is 0 Å². The number of hydrogen-bond donors (Lipinski definition) is 4. The maximum absolute atomic E-state index is 10.7. The molecule has 1 aromatic carbocycles. The summed E-state index contributed by atoms with van der Waals surface area (Å²) in [5.41, 5.74) is 6.50. The Morgan fingerprint density at radius 3 is 2.57 bits per heavy atom. The number of aliphatic hydroxyl groups is 3. The van der Waals surface area contributed by atoms with Crippen molar-refractivity contribution in [3.8, 4) is 0 Å². The maximum Gasteiger partial charge on any atom is 0.184 e. The first kappa shape index (κ1) is 23.2. The molecule has 1 heterocycles. The molecule has 5 atom stereocenters. The van der Waals surface area contributed by atoms with Crippen molar-refractivity contribution in [2.45, 2.75) is 63.3 Å². The van der Waals surface area contributed by atoms with E-state index >= 15 is 0 Å². The summed E-state index contributed by atoms with van der Waals surface area (Å²) in [6.45, 7) is 4.46. The summed E-state index contributed by atoms with van der Waals surface area (Å²) in [5.74, 6) is 0. The molecule has 1 saturated heterocycles. The van der Waals surface area contributed by atoms with Crippen molar-refractivity contribution in [1.82, 2.24) is 4.90 Å². The predicted octanol–water partition coefficient (Wildman–Crippen LogP) is 1.02. The Hall–Kier alpha value is -1.06. The maximum atomic E-state index is 10.7. The van der Waals surface area contributed by atoms with Gasteiger partial charge in [0.1, 0.15) is 18.3 Å². The van der Waals surface area contributed by atoms with Crippen molar-refractivity contribution in [2.75, 3.05) is 32.8 Å². The number of unbranched alkanes of at least 4 members (excludes halogenated alkanes) is 3. The number of benzene rings is 1. The van der Waals surface area contributed by atoms with Gasteiger partial charge >= 0.3 is 0 Å². The van der Waals surface area contributed by atoms with Gasteiger partial charge < -0.3 is 30.5 Å². The van der Waals surface area contributed by atoms with Gasteiger partial charge in [-0.15, -0.1) is 0 Å². The van der Waals surface area contributed by atoms with Crippen LogP contribution in [0.5, 0.6) is 0 Å². The topological polar surface area (TPSA) is 108 Å². The molecule has 0 unspecified atom stereocenters. The molecule has 1 aliphatic heterocycles. The van der Waals surface area contributed by atoms with Crippen molar-refractivity contribution in [1.29, 1.82) is 0 Å². The average Bonchev–Trinajstić information content (AvgIpc) is 2.71. The molecule has 1 aliphatic rings. The normalized spacial score (nSPS) is 25.0. The van der Waals surface area contributed by atoms with Crippen LogP contribution in [0.25, 0.3) is 0 Å². The molecule has 1 aromatic rings. The van der Waals surface area contributed by atoms with Gasteiger partial charge in [-0.3, -0.25) is 4.90 Å². The molecular weight excluding hydrogens is 360 g/mol. The van der Waals surface area contributed by atoms with Crippen LogP contribution in [0.3, 0.4) is 0 Å². The van der Waals surface area contributed by atoms with Crippen LogP contribution in [0, 0.1) is 0 Å². The summed E-state index contributed by atoms with van der Waals surface area (Å²) in [5, 5.41) is 31.5. The Balaban J connectivity index is 1.92. The van der Waals surface area contributed by atoms with Crippen LogP contribution in [0.1, 0.15) is 44.5 Å². The largest absolute Gasteiger partial charge is 0.389 e. The van der Waals surface area contributed by atoms with Gasteiger partial charge in [0.2, 0.25) is 0 Å². The first-order valence-electron chi connectivity index (χ1n) is 10.4. The highest BCUT2D eigenvalue weighted by Gasteiger charge is 2.39. The SMILES string of the molecule is CCCCCCN(CCN)C[C@H](O)[C@@H](O)[C@@H]1O[C@H](c2ccccc2)OC[C@H]1O. The number of ether oxygens (including phenoxy) is 2. The monoisotopic (exact) mass is 396 g/mol. The number of nitrogens with two attached hydrogens (primary N) is 1. The Kier molecular flexibility index (Phi) is 10.4. The Labute approximate surface area is 168 Å². The highest BCUT2D eigenvalue weighted by molar-refractivity contribution is 5.16. The van der Waals surface area contributed by atoms with Gasteiger partial charge in [0, 0.05) is 25.2 Å². The molecule has 5 N–H and O–H groups in total. The van der Waals surface area contributed by atoms with Gasteiger partial charge in [-0.1, -0.05) is 56.5 Å². The molecule has 0 amide bonds. The van der Waals surface area contributed by atoms with Crippen molar-refractivity contribution >= 4 is 0 Å². The second kappa shape index (κ2) is 12.5. The average molecular weight is 397 g/mol. The van der Waals surface area contributed by atoms with E-state index in [1.807, 2.05) is 30.3 Å². The third-order valence-electron chi connectivity index (χ3n) is 5.10. The van der Waals surface area contributed by atoms with E-state index in [9.17, 15) is 15.3 Å². The van der Waals surface area contributed by atoms with Crippen LogP contribution >= 0.6 is 0 Å². The highest BCUT2D eigenvalue weighted by Crippen LogP contribution is 2.28. The van der Waals surface area contributed by atoms with E-state index in [1.165, 1.54) is 12.8 Å². The lowest BCUT2D eigenvalue weighted by Gasteiger charge is -2.38. The predicted molar refractivity (Wildman–Crippen MR) is 108 cm³/mol. The van der Waals surface area contributed by atoms with Gasteiger partial charge in [-0.25, -0.2) is 0 Å². The summed E-state index contributed by atoms with van der Waals surface area (Å²) in [6, 6.07) is 9.36. The van der Waals surface area contributed by atoms with Crippen molar-refractivity contribution in [2.24, 2.45) is 5.73 Å². The first-order valence-corrected chi connectivity index (χ1v) is 10.4. The van der Waals surface area contributed by atoms with E-state index in [-0.39, 0.29) is 13.2 Å². The van der Waals surface area contributed by atoms with Gasteiger partial charge in [0.15, 0.2) is 6.29 Å². The highest BCUT2D eigenvalue weighted by atomic mass is 16.7. The fourth-order valence-corrected chi connectivity index (χ4v) is 3.48. The molecule has 0 radical (unpaired) electrons. The van der Waals surface area contributed by atoms with Crippen molar-refractivity contribution in [3.63, 3.8) is 0 Å². The molecule has 0 spiro atoms. The minimum atomic E-state index is -1.22. The van der Waals surface area contributed by atoms with Crippen LogP contribution in [-0.2, 0) is 9.47 Å². The Bertz CT molecular complexity index is 533. The number of rotatable bonds is 12. The molecule has 1 fully saturated rings. The molecule has 0 bridgehead atoms. The summed E-state index contributed by atoms with van der Waals surface area (Å²) in [7, 11) is 0. The van der Waals surface area contributed by atoms with Crippen molar-refractivity contribution < 1.29 is 24.8 Å². The zero-order valence-corrected chi connectivity index (χ0v) is 16.8. The van der Waals surface area contributed by atoms with Gasteiger partial charge in [0.05, 0.1) is 12.7 Å². The lowest BCUT2D eigenvalue weighted by molar-refractivity contribution is -0.283. The summed E-state index contributed by atoms with van der Waals surface area (Å²) >= 11 is 0. The lowest BCUT2D eigenvalue weighted by atomic mass is 10.0. The lowest BCUT2D eigenvalue weighted by Crippen LogP contribution is -2.54. The molecule has 0 saturated carbocycles. The minimum Gasteiger partial charge on any atom is -0.389 e. The number of aliphatic hydroxyl groups excluding tert-OH is 3. The molecule has 160 valence electrons. The smallest absolute Gasteiger partial charge is 0.184 e. The van der Waals surface area contributed by atoms with E-state index < -0.39 is 30.7 Å². The van der Waals surface area contributed by atoms with E-state index in [1.54, 1.807) is 0 Å². The zero-order chi connectivity index (χ0) is 20.4. The van der Waals surface area contributed by atoms with Crippen LogP contribution < -0.4 is 5.73 Å². The fourth-order valence-electron chi connectivity index (χ4n) is 3.48. The van der Waals surface area contributed by atoms with Gasteiger partial charge in [-0.05, 0) is 13.0 Å². The molecule has 0 aliphatic carbocycles. The molecule has 7 heteroatoms. The van der Waals surface area contributed by atoms with Crippen LogP contribution in [0.15, 0.2) is 30.3 Å². The van der Waals surface area contributed by atoms with Crippen LogP contribution in [-0.4, -0.2) is 77.4 Å². The van der Waals surface area contributed by atoms with Gasteiger partial charge in [0.25, 0.3) is 0 Å². The first-order chi connectivity index (χ1) is 13.6. The summed E-state index contributed by atoms with van der Waals surface area (Å²) < 4.78 is 11.3. The van der Waals surface area contributed by atoms with Crippen LogP contribution in [0.4, 0.5) is 0 Å². The van der Waals surface area contributed by atoms with Crippen molar-refractivity contribution in [3.05, 3.63) is 35.9 Å². The Morgan fingerprint density at radius 1 is 1.14 bits per heavy atom. The number of nitrogens with zero attached hydrogens (tertiary/aromatic N) is 1. The van der Waals surface area contributed by atoms with E-state index in [0.717, 1.165) is 24.9 Å². The molecule has 2 rings (SSSR count). The second-order valence-corrected chi connectivity index (χ2v) is 7.45. The summed E-state index contributed by atoms with van der Waals surface area (Å²) in [4.78, 5) is 2.06. The molecule has 28 heavy (non-hydrogen) atoms. The standard InChI is InChI=1S/C21H36N2O5/c1-2-3-4-8-12-23(13-11-22)14-17(24)19(26)20-18(25)15-27-21(28-20)16-9-6-5-7-10-16/h5-7,9-10,17-21,24-26H,2-4,8,11-15,22H2,1H3/t17-,18+,19+,20+,21+/m0/s1. The fraction of sp³-hybridized carbons (Fsp3) is 0.714. The third-order valence-corrected chi connectivity index (χ3v) is 5.10. The minimum absolute atomic E-state index is 0.0392.